The average Bonchev–Trinajstić information content (AvgIpc) is 3.22. The Morgan fingerprint density at radius 1 is 0.968 bits per heavy atom. The van der Waals surface area contributed by atoms with E-state index in [4.69, 9.17) is 11.6 Å². The van der Waals surface area contributed by atoms with Crippen molar-refractivity contribution in [2.45, 2.75) is 6.54 Å². The van der Waals surface area contributed by atoms with Crippen LogP contribution in [0.25, 0.3) is 11.1 Å². The highest BCUT2D eigenvalue weighted by Crippen LogP contribution is 2.27. The predicted molar refractivity (Wildman–Crippen MR) is 128 cm³/mol. The topological polar surface area (TPSA) is 31.7 Å². The van der Waals surface area contributed by atoms with Gasteiger partial charge in [0.2, 0.25) is 0 Å². The van der Waals surface area contributed by atoms with Crippen LogP contribution in [0, 0.1) is 0 Å². The van der Waals surface area contributed by atoms with E-state index in [0.29, 0.717) is 13.1 Å². The van der Waals surface area contributed by atoms with Crippen LogP contribution in [0.4, 0.5) is 5.69 Å². The van der Waals surface area contributed by atoms with Gasteiger partial charge in [0.05, 0.1) is 5.56 Å². The maximum absolute atomic E-state index is 13.5. The lowest BCUT2D eigenvalue weighted by Crippen LogP contribution is -2.48. The van der Waals surface area contributed by atoms with Gasteiger partial charge in [0.1, 0.15) is 0 Å². The monoisotopic (exact) mass is 436 g/mol. The van der Waals surface area contributed by atoms with Gasteiger partial charge in [-0.1, -0.05) is 48.0 Å². The minimum absolute atomic E-state index is 0.105. The third-order valence-electron chi connectivity index (χ3n) is 5.74. The lowest BCUT2D eigenvalue weighted by atomic mass is 10.0. The van der Waals surface area contributed by atoms with E-state index < -0.39 is 0 Å². The fourth-order valence-electron chi connectivity index (χ4n) is 3.98. The van der Waals surface area contributed by atoms with Crippen LogP contribution in [0.5, 0.6) is 0 Å². The highest BCUT2D eigenvalue weighted by Gasteiger charge is 2.25. The first kappa shape index (κ1) is 21.5. The van der Waals surface area contributed by atoms with E-state index in [1.807, 2.05) is 47.5 Å². The molecule has 0 atom stereocenters. The first-order chi connectivity index (χ1) is 15.0. The predicted octanol–water partition coefficient (Wildman–Crippen LogP) is 4.33. The SMILES string of the molecule is CN(C)CCn1cc(C(=O)N2CCN(c3cccc(Cl)c3)CC2)c(-c2ccccc2)c1. The second kappa shape index (κ2) is 9.58. The molecule has 31 heavy (non-hydrogen) atoms. The molecule has 4 rings (SSSR count). The Bertz CT molecular complexity index is 1020. The molecule has 2 aromatic carbocycles. The summed E-state index contributed by atoms with van der Waals surface area (Å²) in [6.07, 6.45) is 4.12. The number of piperazine rings is 1. The van der Waals surface area contributed by atoms with E-state index in [9.17, 15) is 4.79 Å². The Morgan fingerprint density at radius 2 is 1.71 bits per heavy atom. The van der Waals surface area contributed by atoms with Crippen LogP contribution in [0.3, 0.4) is 0 Å². The lowest BCUT2D eigenvalue weighted by Gasteiger charge is -2.36. The number of likely N-dealkylation sites (N-methyl/N-ethyl adjacent to an activating group) is 1. The summed E-state index contributed by atoms with van der Waals surface area (Å²) >= 11 is 6.15. The maximum Gasteiger partial charge on any atom is 0.256 e. The van der Waals surface area contributed by atoms with Gasteiger partial charge in [-0.25, -0.2) is 0 Å². The fraction of sp³-hybridized carbons (Fsp3) is 0.320. The molecule has 1 fully saturated rings. The number of rotatable bonds is 6. The Morgan fingerprint density at radius 3 is 2.39 bits per heavy atom. The van der Waals surface area contributed by atoms with Crippen LogP contribution in [-0.2, 0) is 6.54 Å². The lowest BCUT2D eigenvalue weighted by molar-refractivity contribution is 0.0747. The van der Waals surface area contributed by atoms with Crippen LogP contribution in [0.15, 0.2) is 67.0 Å². The van der Waals surface area contributed by atoms with Crippen molar-refractivity contribution in [3.63, 3.8) is 0 Å². The molecule has 0 saturated carbocycles. The van der Waals surface area contributed by atoms with Gasteiger partial charge in [-0.2, -0.15) is 0 Å². The zero-order valence-electron chi connectivity index (χ0n) is 18.2. The molecular weight excluding hydrogens is 408 g/mol. The number of nitrogens with zero attached hydrogens (tertiary/aromatic N) is 4. The van der Waals surface area contributed by atoms with Crippen LogP contribution in [0.2, 0.25) is 5.02 Å². The number of carbonyl (C=O) groups is 1. The molecule has 5 nitrogen and oxygen atoms in total. The van der Waals surface area contributed by atoms with Crippen molar-refractivity contribution in [2.24, 2.45) is 0 Å². The average molecular weight is 437 g/mol. The molecule has 0 bridgehead atoms. The molecule has 0 unspecified atom stereocenters. The van der Waals surface area contributed by atoms with Crippen LogP contribution >= 0.6 is 11.6 Å². The molecule has 2 heterocycles. The summed E-state index contributed by atoms with van der Waals surface area (Å²) < 4.78 is 2.14. The summed E-state index contributed by atoms with van der Waals surface area (Å²) in [6.45, 7) is 4.77. The van der Waals surface area contributed by atoms with Gasteiger partial charge in [0.15, 0.2) is 0 Å². The quantitative estimate of drug-likeness (QED) is 0.576. The molecule has 1 amide bonds. The molecule has 6 heteroatoms. The second-order valence-electron chi connectivity index (χ2n) is 8.25. The number of halogens is 1. The molecule has 162 valence electrons. The smallest absolute Gasteiger partial charge is 0.256 e. The van der Waals surface area contributed by atoms with Gasteiger partial charge in [-0.05, 0) is 37.9 Å². The summed E-state index contributed by atoms with van der Waals surface area (Å²) in [4.78, 5) is 19.9. The fourth-order valence-corrected chi connectivity index (χ4v) is 4.17. The normalized spacial score (nSPS) is 14.3. The third-order valence-corrected chi connectivity index (χ3v) is 5.98. The third kappa shape index (κ3) is 5.12. The summed E-state index contributed by atoms with van der Waals surface area (Å²) in [5.74, 6) is 0.105. The van der Waals surface area contributed by atoms with Gasteiger partial charge in [-0.15, -0.1) is 0 Å². The number of hydrogen-bond acceptors (Lipinski definition) is 3. The van der Waals surface area contributed by atoms with Crippen LogP contribution in [0.1, 0.15) is 10.4 Å². The van der Waals surface area contributed by atoms with Crippen molar-refractivity contribution in [1.82, 2.24) is 14.4 Å². The second-order valence-corrected chi connectivity index (χ2v) is 8.69. The Labute approximate surface area is 189 Å². The van der Waals surface area contributed by atoms with Gasteiger partial charge in [0, 0.05) is 67.9 Å². The standard InChI is InChI=1S/C25H29ClN4O/c1-27(2)11-12-28-18-23(20-7-4-3-5-8-20)24(19-28)25(31)30-15-13-29(14-16-30)22-10-6-9-21(26)17-22/h3-10,17-19H,11-16H2,1-2H3. The van der Waals surface area contributed by atoms with Crippen molar-refractivity contribution in [3.8, 4) is 11.1 Å². The molecule has 0 spiro atoms. The Hall–Kier alpha value is -2.76. The summed E-state index contributed by atoms with van der Waals surface area (Å²) in [7, 11) is 4.13. The van der Waals surface area contributed by atoms with Gasteiger partial charge in [0.25, 0.3) is 5.91 Å². The summed E-state index contributed by atoms with van der Waals surface area (Å²) in [5.41, 5.74) is 3.97. The van der Waals surface area contributed by atoms with Gasteiger partial charge < -0.3 is 19.3 Å². The van der Waals surface area contributed by atoms with Crippen molar-refractivity contribution >= 4 is 23.2 Å². The zero-order valence-corrected chi connectivity index (χ0v) is 18.9. The van der Waals surface area contributed by atoms with Crippen molar-refractivity contribution in [1.29, 1.82) is 0 Å². The van der Waals surface area contributed by atoms with Crippen LogP contribution < -0.4 is 4.90 Å². The van der Waals surface area contributed by atoms with E-state index in [-0.39, 0.29) is 5.91 Å². The Balaban J connectivity index is 1.52. The number of hydrogen-bond donors (Lipinski definition) is 0. The zero-order chi connectivity index (χ0) is 21.8. The first-order valence-corrected chi connectivity index (χ1v) is 11.1. The van der Waals surface area contributed by atoms with Gasteiger partial charge in [-0.3, -0.25) is 4.79 Å². The highest BCUT2D eigenvalue weighted by atomic mass is 35.5. The molecule has 3 aromatic rings. The van der Waals surface area contributed by atoms with Crippen molar-refractivity contribution in [2.75, 3.05) is 51.7 Å². The van der Waals surface area contributed by atoms with Crippen LogP contribution in [-0.4, -0.2) is 67.1 Å². The van der Waals surface area contributed by atoms with E-state index in [2.05, 4.69) is 52.9 Å². The minimum Gasteiger partial charge on any atom is -0.368 e. The molecule has 1 saturated heterocycles. The van der Waals surface area contributed by atoms with E-state index in [1.165, 1.54) is 0 Å². The highest BCUT2D eigenvalue weighted by molar-refractivity contribution is 6.30. The molecule has 1 aromatic heterocycles. The Kier molecular flexibility index (Phi) is 6.64. The summed E-state index contributed by atoms with van der Waals surface area (Å²) in [5, 5.41) is 0.738. The van der Waals surface area contributed by atoms with Crippen molar-refractivity contribution < 1.29 is 4.79 Å². The molecule has 0 N–H and O–H groups in total. The molecule has 1 aliphatic rings. The first-order valence-electron chi connectivity index (χ1n) is 10.7. The number of aromatic nitrogens is 1. The van der Waals surface area contributed by atoms with E-state index in [0.717, 1.165) is 53.6 Å². The minimum atomic E-state index is 0.105. The number of amides is 1. The number of anilines is 1. The molecule has 1 aliphatic heterocycles. The molecule has 0 aliphatic carbocycles. The van der Waals surface area contributed by atoms with Crippen molar-refractivity contribution in [3.05, 3.63) is 77.6 Å². The number of benzene rings is 2. The van der Waals surface area contributed by atoms with E-state index >= 15 is 0 Å². The van der Waals surface area contributed by atoms with E-state index in [1.54, 1.807) is 0 Å². The molecular formula is C25H29ClN4O. The molecule has 0 radical (unpaired) electrons. The summed E-state index contributed by atoms with van der Waals surface area (Å²) in [6, 6.07) is 18.1. The largest absolute Gasteiger partial charge is 0.368 e. The number of carbonyl (C=O) groups excluding carboxylic acids is 1. The van der Waals surface area contributed by atoms with Gasteiger partial charge >= 0.3 is 0 Å². The maximum atomic E-state index is 13.5.